The molecule has 0 amide bonds. The monoisotopic (exact) mass is 532 g/mol. The van der Waals surface area contributed by atoms with Gasteiger partial charge in [0.15, 0.2) is 5.78 Å². The van der Waals surface area contributed by atoms with Crippen LogP contribution in [0.5, 0.6) is 5.75 Å². The Morgan fingerprint density at radius 1 is 0.824 bits per heavy atom. The second-order valence-corrected chi connectivity index (χ2v) is 8.50. The fourth-order valence-corrected chi connectivity index (χ4v) is 3.82. The van der Waals surface area contributed by atoms with Crippen molar-refractivity contribution in [3.8, 4) is 5.75 Å². The molecule has 184 valence electrons. The van der Waals surface area contributed by atoms with E-state index >= 15 is 0 Å². The molecule has 0 bridgehead atoms. The third kappa shape index (κ3) is 8.93. The van der Waals surface area contributed by atoms with Crippen LogP contribution in [0.4, 0.5) is 0 Å². The Kier molecular flexibility index (Phi) is 12.4. The van der Waals surface area contributed by atoms with Gasteiger partial charge in [-0.3, -0.25) is 9.59 Å². The summed E-state index contributed by atoms with van der Waals surface area (Å²) in [5, 5.41) is 1.00. The number of carbonyl (C=O) groups is 3. The number of hydrogen-bond donors (Lipinski definition) is 0. The van der Waals surface area contributed by atoms with Crippen LogP contribution in [0.15, 0.2) is 42.5 Å². The molecule has 0 saturated heterocycles. The number of ether oxygens (including phenoxy) is 3. The number of alkyl halides is 1. The number of ketones is 1. The van der Waals surface area contributed by atoms with E-state index in [2.05, 4.69) is 15.9 Å². The smallest absolute Gasteiger partial charge is 0.338 e. The van der Waals surface area contributed by atoms with E-state index in [-0.39, 0.29) is 24.8 Å². The van der Waals surface area contributed by atoms with E-state index in [0.29, 0.717) is 42.1 Å². The van der Waals surface area contributed by atoms with Crippen LogP contribution in [-0.2, 0) is 20.7 Å². The van der Waals surface area contributed by atoms with E-state index in [1.54, 1.807) is 50.2 Å². The maximum atomic E-state index is 13.2. The molecule has 0 spiro atoms. The highest BCUT2D eigenvalue weighted by molar-refractivity contribution is 9.09. The summed E-state index contributed by atoms with van der Waals surface area (Å²) in [6.45, 7) is 4.66. The van der Waals surface area contributed by atoms with Gasteiger partial charge in [-0.1, -0.05) is 40.9 Å². The van der Waals surface area contributed by atoms with Gasteiger partial charge in [0.05, 0.1) is 25.4 Å². The standard InChI is InChI=1S/C27H33BrO6/c1-3-32-25(29)15-13-20-18-22(12-14-24(20)34-17-8-6-5-7-16-28)26(30)21-10-9-11-23(19-21)27(31)33-4-2/h9-12,14,18-19H,3-8,13,15-17H2,1-2H3. The van der Waals surface area contributed by atoms with Gasteiger partial charge in [0.1, 0.15) is 5.75 Å². The number of rotatable bonds is 15. The van der Waals surface area contributed by atoms with Crippen LogP contribution in [0.1, 0.15) is 77.8 Å². The first-order chi connectivity index (χ1) is 16.5. The molecule has 0 saturated carbocycles. The molecular formula is C27H33BrO6. The summed E-state index contributed by atoms with van der Waals surface area (Å²) in [4.78, 5) is 37.1. The molecule has 2 aromatic rings. The molecule has 0 unspecified atom stereocenters. The second kappa shape index (κ2) is 15.3. The van der Waals surface area contributed by atoms with Crippen LogP contribution in [0.3, 0.4) is 0 Å². The SMILES string of the molecule is CCOC(=O)CCc1cc(C(=O)c2cccc(C(=O)OCC)c2)ccc1OCCCCCCBr. The van der Waals surface area contributed by atoms with E-state index in [9.17, 15) is 14.4 Å². The van der Waals surface area contributed by atoms with Gasteiger partial charge in [-0.15, -0.1) is 0 Å². The molecule has 2 aromatic carbocycles. The van der Waals surface area contributed by atoms with Crippen LogP contribution < -0.4 is 4.74 Å². The Hall–Kier alpha value is -2.67. The zero-order valence-corrected chi connectivity index (χ0v) is 21.5. The second-order valence-electron chi connectivity index (χ2n) is 7.71. The van der Waals surface area contributed by atoms with Crippen molar-refractivity contribution in [2.45, 2.75) is 52.4 Å². The first-order valence-corrected chi connectivity index (χ1v) is 12.9. The minimum atomic E-state index is -0.466. The molecular weight excluding hydrogens is 500 g/mol. The van der Waals surface area contributed by atoms with Crippen LogP contribution in [0.2, 0.25) is 0 Å². The Labute approximate surface area is 210 Å². The number of aryl methyl sites for hydroxylation is 1. The minimum absolute atomic E-state index is 0.200. The van der Waals surface area contributed by atoms with E-state index in [1.807, 2.05) is 0 Å². The zero-order chi connectivity index (χ0) is 24.8. The molecule has 34 heavy (non-hydrogen) atoms. The van der Waals surface area contributed by atoms with E-state index in [0.717, 1.165) is 36.6 Å². The molecule has 6 nitrogen and oxygen atoms in total. The van der Waals surface area contributed by atoms with Gasteiger partial charge in [-0.2, -0.15) is 0 Å². The Morgan fingerprint density at radius 2 is 1.53 bits per heavy atom. The highest BCUT2D eigenvalue weighted by atomic mass is 79.9. The predicted octanol–water partition coefficient (Wildman–Crippen LogP) is 5.92. The summed E-state index contributed by atoms with van der Waals surface area (Å²) in [7, 11) is 0. The molecule has 0 aliphatic heterocycles. The molecule has 2 rings (SSSR count). The summed E-state index contributed by atoms with van der Waals surface area (Å²) in [6.07, 6.45) is 4.90. The molecule has 7 heteroatoms. The first-order valence-electron chi connectivity index (χ1n) is 11.8. The molecule has 0 aliphatic rings. The van der Waals surface area contributed by atoms with Crippen LogP contribution in [0.25, 0.3) is 0 Å². The van der Waals surface area contributed by atoms with Crippen molar-refractivity contribution >= 4 is 33.7 Å². The summed E-state index contributed by atoms with van der Waals surface area (Å²) in [5.74, 6) is -0.305. The molecule has 0 aliphatic carbocycles. The number of benzene rings is 2. The van der Waals surface area contributed by atoms with Crippen molar-refractivity contribution in [3.63, 3.8) is 0 Å². The summed E-state index contributed by atoms with van der Waals surface area (Å²) < 4.78 is 16.1. The van der Waals surface area contributed by atoms with Gasteiger partial charge in [0, 0.05) is 22.9 Å². The molecule has 0 heterocycles. The van der Waals surface area contributed by atoms with Crippen molar-refractivity contribution in [1.82, 2.24) is 0 Å². The summed E-state index contributed by atoms with van der Waals surface area (Å²) >= 11 is 3.44. The molecule has 0 aromatic heterocycles. The maximum Gasteiger partial charge on any atom is 0.338 e. The number of carbonyl (C=O) groups excluding carboxylic acids is 3. The number of hydrogen-bond acceptors (Lipinski definition) is 6. The number of unbranched alkanes of at least 4 members (excludes halogenated alkanes) is 3. The molecule has 0 fully saturated rings. The maximum absolute atomic E-state index is 13.2. The van der Waals surface area contributed by atoms with Crippen molar-refractivity contribution in [1.29, 1.82) is 0 Å². The van der Waals surface area contributed by atoms with Crippen LogP contribution in [-0.4, -0.2) is 42.9 Å². The fraction of sp³-hybridized carbons (Fsp3) is 0.444. The van der Waals surface area contributed by atoms with E-state index in [1.165, 1.54) is 6.07 Å². The van der Waals surface area contributed by atoms with Gasteiger partial charge in [0.2, 0.25) is 0 Å². The van der Waals surface area contributed by atoms with Crippen molar-refractivity contribution < 1.29 is 28.6 Å². The topological polar surface area (TPSA) is 78.9 Å². The Morgan fingerprint density at radius 3 is 2.26 bits per heavy atom. The lowest BCUT2D eigenvalue weighted by molar-refractivity contribution is -0.143. The predicted molar refractivity (Wildman–Crippen MR) is 135 cm³/mol. The molecule has 0 radical (unpaired) electrons. The third-order valence-corrected chi connectivity index (χ3v) is 5.71. The quantitative estimate of drug-likeness (QED) is 0.122. The summed E-state index contributed by atoms with van der Waals surface area (Å²) in [5.41, 5.74) is 1.96. The van der Waals surface area contributed by atoms with Crippen LogP contribution in [0, 0.1) is 0 Å². The number of esters is 2. The van der Waals surface area contributed by atoms with Crippen molar-refractivity contribution in [2.24, 2.45) is 0 Å². The Balaban J connectivity index is 2.19. The third-order valence-electron chi connectivity index (χ3n) is 5.15. The van der Waals surface area contributed by atoms with Crippen LogP contribution >= 0.6 is 15.9 Å². The lowest BCUT2D eigenvalue weighted by atomic mass is 9.98. The van der Waals surface area contributed by atoms with Gasteiger partial charge in [0.25, 0.3) is 0 Å². The largest absolute Gasteiger partial charge is 0.493 e. The van der Waals surface area contributed by atoms with Crippen molar-refractivity contribution in [2.75, 3.05) is 25.2 Å². The van der Waals surface area contributed by atoms with Gasteiger partial charge >= 0.3 is 11.9 Å². The highest BCUT2D eigenvalue weighted by Gasteiger charge is 2.16. The van der Waals surface area contributed by atoms with Crippen molar-refractivity contribution in [3.05, 3.63) is 64.7 Å². The van der Waals surface area contributed by atoms with Gasteiger partial charge in [-0.05, 0) is 69.0 Å². The first kappa shape index (κ1) is 27.6. The van der Waals surface area contributed by atoms with E-state index in [4.69, 9.17) is 14.2 Å². The molecule has 0 N–H and O–H groups in total. The normalized spacial score (nSPS) is 10.6. The van der Waals surface area contributed by atoms with Gasteiger partial charge in [-0.25, -0.2) is 4.79 Å². The Bertz CT molecular complexity index is 956. The fourth-order valence-electron chi connectivity index (χ4n) is 3.43. The van der Waals surface area contributed by atoms with E-state index < -0.39 is 5.97 Å². The number of halogens is 1. The minimum Gasteiger partial charge on any atom is -0.493 e. The highest BCUT2D eigenvalue weighted by Crippen LogP contribution is 2.24. The average molecular weight is 533 g/mol. The zero-order valence-electron chi connectivity index (χ0n) is 19.9. The lowest BCUT2D eigenvalue weighted by Crippen LogP contribution is -2.09. The molecule has 0 atom stereocenters. The summed E-state index contributed by atoms with van der Waals surface area (Å²) in [6, 6.07) is 11.7. The van der Waals surface area contributed by atoms with Gasteiger partial charge < -0.3 is 14.2 Å². The lowest BCUT2D eigenvalue weighted by Gasteiger charge is -2.13. The average Bonchev–Trinajstić information content (AvgIpc) is 2.85.